The number of hydrogen-bond acceptors (Lipinski definition) is 5. The standard InChI is InChI=1S/C23H23F2N3O5/c24-14-6-5-12(16(25)7-14)8-26-22(31)15-10-27-11-18-28(23(32)19(27)21(30)20(15)29)9-13-3-1-2-4-17(13)33-18/h5-7,10,13,17-18,30H,1-4,8-9,11H2,(H,26,31)/t13-,17-,18?/m0/s1. The predicted molar refractivity (Wildman–Crippen MR) is 112 cm³/mol. The highest BCUT2D eigenvalue weighted by Crippen LogP contribution is 2.36. The Hall–Kier alpha value is -3.27. The molecule has 1 aliphatic carbocycles. The van der Waals surface area contributed by atoms with Gasteiger partial charge in [0, 0.05) is 36.8 Å². The van der Waals surface area contributed by atoms with Crippen molar-refractivity contribution >= 4 is 11.8 Å². The largest absolute Gasteiger partial charge is 0.503 e. The van der Waals surface area contributed by atoms with E-state index in [1.807, 2.05) is 0 Å². The summed E-state index contributed by atoms with van der Waals surface area (Å²) in [5, 5.41) is 12.9. The quantitative estimate of drug-likeness (QED) is 0.733. The van der Waals surface area contributed by atoms with Crippen molar-refractivity contribution in [2.75, 3.05) is 6.54 Å². The number of carbonyl (C=O) groups excluding carboxylic acids is 2. The van der Waals surface area contributed by atoms with Gasteiger partial charge in [-0.15, -0.1) is 0 Å². The van der Waals surface area contributed by atoms with Crippen LogP contribution in [0.3, 0.4) is 0 Å². The molecular formula is C23H23F2N3O5. The van der Waals surface area contributed by atoms with Crippen molar-refractivity contribution in [3.05, 3.63) is 63.1 Å². The zero-order valence-corrected chi connectivity index (χ0v) is 17.7. The van der Waals surface area contributed by atoms with Gasteiger partial charge in [-0.1, -0.05) is 18.9 Å². The van der Waals surface area contributed by atoms with E-state index in [-0.39, 0.29) is 41.9 Å². The van der Waals surface area contributed by atoms with Crippen LogP contribution >= 0.6 is 0 Å². The molecule has 0 radical (unpaired) electrons. The van der Waals surface area contributed by atoms with Crippen LogP contribution in [0, 0.1) is 17.6 Å². The first kappa shape index (κ1) is 21.6. The fourth-order valence-corrected chi connectivity index (χ4v) is 4.98. The highest BCUT2D eigenvalue weighted by molar-refractivity contribution is 5.99. The molecule has 1 aromatic heterocycles. The summed E-state index contributed by atoms with van der Waals surface area (Å²) in [5.41, 5.74) is -1.50. The van der Waals surface area contributed by atoms with Crippen molar-refractivity contribution in [2.24, 2.45) is 5.92 Å². The van der Waals surface area contributed by atoms with Crippen LogP contribution in [-0.2, 0) is 17.8 Å². The van der Waals surface area contributed by atoms with Crippen LogP contribution in [0.2, 0.25) is 0 Å². The third-order valence-electron chi connectivity index (χ3n) is 6.72. The lowest BCUT2D eigenvalue weighted by atomic mass is 9.84. The van der Waals surface area contributed by atoms with Gasteiger partial charge in [-0.25, -0.2) is 8.78 Å². The summed E-state index contributed by atoms with van der Waals surface area (Å²) < 4.78 is 34.5. The van der Waals surface area contributed by atoms with Crippen LogP contribution in [0.1, 0.15) is 52.1 Å². The Morgan fingerprint density at radius 3 is 2.76 bits per heavy atom. The molecule has 1 saturated carbocycles. The third-order valence-corrected chi connectivity index (χ3v) is 6.72. The Bertz CT molecular complexity index is 1200. The molecule has 1 aromatic carbocycles. The number of aromatic hydroxyl groups is 1. The summed E-state index contributed by atoms with van der Waals surface area (Å²) in [7, 11) is 0. The van der Waals surface area contributed by atoms with E-state index in [9.17, 15) is 28.3 Å². The number of carbonyl (C=O) groups is 2. The van der Waals surface area contributed by atoms with Gasteiger partial charge in [0.2, 0.25) is 5.43 Å². The molecule has 33 heavy (non-hydrogen) atoms. The molecular weight excluding hydrogens is 436 g/mol. The van der Waals surface area contributed by atoms with Crippen LogP contribution in [0.5, 0.6) is 5.75 Å². The van der Waals surface area contributed by atoms with Gasteiger partial charge in [-0.2, -0.15) is 0 Å². The van der Waals surface area contributed by atoms with Crippen molar-refractivity contribution in [3.63, 3.8) is 0 Å². The van der Waals surface area contributed by atoms with Crippen LogP contribution in [-0.4, -0.2) is 45.3 Å². The number of halogens is 2. The minimum Gasteiger partial charge on any atom is -0.503 e. The molecule has 3 heterocycles. The second kappa shape index (κ2) is 8.26. The molecule has 0 bridgehead atoms. The number of ether oxygens (including phenoxy) is 1. The second-order valence-electron chi connectivity index (χ2n) is 8.77. The van der Waals surface area contributed by atoms with E-state index in [4.69, 9.17) is 4.74 Å². The molecule has 2 aliphatic heterocycles. The lowest BCUT2D eigenvalue weighted by Crippen LogP contribution is -2.59. The molecule has 2 N–H and O–H groups in total. The van der Waals surface area contributed by atoms with Crippen molar-refractivity contribution in [1.82, 2.24) is 14.8 Å². The summed E-state index contributed by atoms with van der Waals surface area (Å²) >= 11 is 0. The number of nitrogens with zero attached hydrogens (tertiary/aromatic N) is 2. The van der Waals surface area contributed by atoms with Gasteiger partial charge >= 0.3 is 0 Å². The molecule has 5 rings (SSSR count). The average molecular weight is 459 g/mol. The molecule has 2 fully saturated rings. The fourth-order valence-electron chi connectivity index (χ4n) is 4.98. The topological polar surface area (TPSA) is 101 Å². The minimum atomic E-state index is -0.987. The highest BCUT2D eigenvalue weighted by atomic mass is 19.1. The lowest BCUT2D eigenvalue weighted by Gasteiger charge is -2.48. The van der Waals surface area contributed by atoms with Gasteiger partial charge in [0.05, 0.1) is 12.6 Å². The summed E-state index contributed by atoms with van der Waals surface area (Å²) in [6.45, 7) is 0.396. The van der Waals surface area contributed by atoms with Crippen molar-refractivity contribution in [1.29, 1.82) is 0 Å². The number of amides is 2. The Balaban J connectivity index is 1.40. The Labute approximate surface area is 187 Å². The zero-order valence-electron chi connectivity index (χ0n) is 17.7. The normalized spacial score (nSPS) is 24.0. The zero-order chi connectivity index (χ0) is 23.3. The van der Waals surface area contributed by atoms with Crippen molar-refractivity contribution < 1.29 is 28.2 Å². The Kier molecular flexibility index (Phi) is 5.40. The number of hydrogen-bond donors (Lipinski definition) is 2. The molecule has 0 spiro atoms. The molecule has 1 saturated heterocycles. The van der Waals surface area contributed by atoms with E-state index in [1.165, 1.54) is 16.8 Å². The minimum absolute atomic E-state index is 0.0375. The number of benzene rings is 1. The maximum absolute atomic E-state index is 13.8. The van der Waals surface area contributed by atoms with E-state index in [2.05, 4.69) is 5.32 Å². The number of pyridine rings is 1. The lowest BCUT2D eigenvalue weighted by molar-refractivity contribution is -0.169. The third kappa shape index (κ3) is 3.78. The van der Waals surface area contributed by atoms with E-state index in [0.29, 0.717) is 12.6 Å². The fraction of sp³-hybridized carbons (Fsp3) is 0.435. The molecule has 3 aliphatic rings. The molecule has 174 valence electrons. The Morgan fingerprint density at radius 2 is 1.97 bits per heavy atom. The maximum atomic E-state index is 13.8. The van der Waals surface area contributed by atoms with Crippen LogP contribution in [0.15, 0.2) is 29.2 Å². The monoisotopic (exact) mass is 459 g/mol. The van der Waals surface area contributed by atoms with E-state index < -0.39 is 40.9 Å². The van der Waals surface area contributed by atoms with Gasteiger partial charge in [0.1, 0.15) is 17.2 Å². The Morgan fingerprint density at radius 1 is 1.18 bits per heavy atom. The van der Waals surface area contributed by atoms with E-state index in [0.717, 1.165) is 31.7 Å². The summed E-state index contributed by atoms with van der Waals surface area (Å²) in [6, 6.07) is 2.94. The summed E-state index contributed by atoms with van der Waals surface area (Å²) in [5.74, 6) is -3.50. The number of nitrogens with one attached hydrogen (secondary N) is 1. The van der Waals surface area contributed by atoms with E-state index in [1.54, 1.807) is 4.90 Å². The molecule has 10 heteroatoms. The van der Waals surface area contributed by atoms with Gasteiger partial charge in [0.25, 0.3) is 11.8 Å². The highest BCUT2D eigenvalue weighted by Gasteiger charge is 2.44. The van der Waals surface area contributed by atoms with Gasteiger partial charge in [-0.3, -0.25) is 14.4 Å². The first-order chi connectivity index (χ1) is 15.8. The van der Waals surface area contributed by atoms with Gasteiger partial charge in [0.15, 0.2) is 17.7 Å². The molecule has 3 atom stereocenters. The number of fused-ring (bicyclic) bond motifs is 3. The molecule has 1 unspecified atom stereocenters. The molecule has 2 amide bonds. The van der Waals surface area contributed by atoms with Gasteiger partial charge in [-0.05, 0) is 18.9 Å². The predicted octanol–water partition coefficient (Wildman–Crippen LogP) is 2.13. The van der Waals surface area contributed by atoms with Crippen LogP contribution < -0.4 is 10.7 Å². The molecule has 8 nitrogen and oxygen atoms in total. The number of aromatic nitrogens is 1. The first-order valence-corrected chi connectivity index (χ1v) is 11.0. The summed E-state index contributed by atoms with van der Waals surface area (Å²) in [6.07, 6.45) is 4.79. The smallest absolute Gasteiger partial charge is 0.276 e. The van der Waals surface area contributed by atoms with Gasteiger partial charge < -0.3 is 24.6 Å². The first-order valence-electron chi connectivity index (χ1n) is 11.0. The molecule has 2 aromatic rings. The van der Waals surface area contributed by atoms with E-state index >= 15 is 0 Å². The van der Waals surface area contributed by atoms with Crippen LogP contribution in [0.25, 0.3) is 0 Å². The second-order valence-corrected chi connectivity index (χ2v) is 8.77. The number of rotatable bonds is 3. The maximum Gasteiger partial charge on any atom is 0.276 e. The van der Waals surface area contributed by atoms with Crippen LogP contribution in [0.4, 0.5) is 8.78 Å². The average Bonchev–Trinajstić information content (AvgIpc) is 2.79. The van der Waals surface area contributed by atoms with Crippen molar-refractivity contribution in [2.45, 2.75) is 51.1 Å². The summed E-state index contributed by atoms with van der Waals surface area (Å²) in [4.78, 5) is 40.0. The SMILES string of the molecule is O=C(NCc1ccc(F)cc1F)c1cn2c(c(O)c1=O)C(=O)N1C[C@@H]3CCCC[C@@H]3OC1C2. The van der Waals surface area contributed by atoms with Crippen molar-refractivity contribution in [3.8, 4) is 5.75 Å².